The third kappa shape index (κ3) is 3.27. The van der Waals surface area contributed by atoms with E-state index in [9.17, 15) is 0 Å². The molecular formula is C13H17BrO2. The zero-order chi connectivity index (χ0) is 12.1. The van der Waals surface area contributed by atoms with Gasteiger partial charge in [-0.2, -0.15) is 0 Å². The van der Waals surface area contributed by atoms with Crippen molar-refractivity contribution in [2.75, 3.05) is 7.11 Å². The molecule has 16 heavy (non-hydrogen) atoms. The second kappa shape index (κ2) is 5.94. The molecule has 0 heterocycles. The molecule has 1 aromatic carbocycles. The van der Waals surface area contributed by atoms with E-state index < -0.39 is 0 Å². The first-order valence-electron chi connectivity index (χ1n) is 5.20. The van der Waals surface area contributed by atoms with Crippen LogP contribution in [0.3, 0.4) is 0 Å². The number of rotatable bonds is 5. The minimum Gasteiger partial charge on any atom is -0.498 e. The van der Waals surface area contributed by atoms with Gasteiger partial charge in [0.1, 0.15) is 11.5 Å². The van der Waals surface area contributed by atoms with Crippen molar-refractivity contribution in [3.63, 3.8) is 0 Å². The molecule has 0 spiro atoms. The Morgan fingerprint density at radius 3 is 2.44 bits per heavy atom. The number of ether oxygens (including phenoxy) is 2. The van der Waals surface area contributed by atoms with E-state index >= 15 is 0 Å². The van der Waals surface area contributed by atoms with Crippen molar-refractivity contribution in [2.24, 2.45) is 5.92 Å². The number of hydrogen-bond acceptors (Lipinski definition) is 2. The van der Waals surface area contributed by atoms with E-state index in [-0.39, 0.29) is 6.10 Å². The molecule has 0 aromatic heterocycles. The van der Waals surface area contributed by atoms with Crippen molar-refractivity contribution in [3.8, 4) is 5.75 Å². The van der Waals surface area contributed by atoms with Crippen molar-refractivity contribution >= 4 is 15.9 Å². The summed E-state index contributed by atoms with van der Waals surface area (Å²) in [6.07, 6.45) is -0.135. The fraction of sp³-hybridized carbons (Fsp3) is 0.385. The van der Waals surface area contributed by atoms with E-state index in [0.29, 0.717) is 11.7 Å². The predicted octanol–water partition coefficient (Wildman–Crippen LogP) is 4.01. The van der Waals surface area contributed by atoms with Gasteiger partial charge in [-0.15, -0.1) is 0 Å². The van der Waals surface area contributed by atoms with E-state index in [0.717, 1.165) is 10.2 Å². The largest absolute Gasteiger partial charge is 0.498 e. The Bertz CT molecular complexity index is 361. The SMILES string of the molecule is C=C(OC)[C@H](Oc1ccccc1Br)C(C)C. The summed E-state index contributed by atoms with van der Waals surface area (Å²) in [7, 11) is 1.61. The molecule has 88 valence electrons. The monoisotopic (exact) mass is 284 g/mol. The Kier molecular flexibility index (Phi) is 4.87. The van der Waals surface area contributed by atoms with Crippen LogP contribution in [-0.4, -0.2) is 13.2 Å². The molecular weight excluding hydrogens is 268 g/mol. The number of para-hydroxylation sites is 1. The van der Waals surface area contributed by atoms with Crippen molar-refractivity contribution in [1.29, 1.82) is 0 Å². The van der Waals surface area contributed by atoms with Crippen LogP contribution in [0.4, 0.5) is 0 Å². The summed E-state index contributed by atoms with van der Waals surface area (Å²) in [6, 6.07) is 7.75. The molecule has 0 saturated heterocycles. The van der Waals surface area contributed by atoms with Gasteiger partial charge in [-0.05, 0) is 34.0 Å². The zero-order valence-electron chi connectivity index (χ0n) is 9.87. The van der Waals surface area contributed by atoms with E-state index in [4.69, 9.17) is 9.47 Å². The summed E-state index contributed by atoms with van der Waals surface area (Å²) < 4.78 is 12.0. The van der Waals surface area contributed by atoms with Crippen molar-refractivity contribution < 1.29 is 9.47 Å². The Balaban J connectivity index is 2.84. The van der Waals surface area contributed by atoms with Gasteiger partial charge in [0, 0.05) is 0 Å². The third-order valence-electron chi connectivity index (χ3n) is 2.28. The lowest BCUT2D eigenvalue weighted by atomic mass is 10.1. The average molecular weight is 285 g/mol. The van der Waals surface area contributed by atoms with Gasteiger partial charge in [0.15, 0.2) is 6.10 Å². The highest BCUT2D eigenvalue weighted by Crippen LogP contribution is 2.28. The van der Waals surface area contributed by atoms with E-state index in [1.54, 1.807) is 7.11 Å². The minimum absolute atomic E-state index is 0.135. The number of hydrogen-bond donors (Lipinski definition) is 0. The van der Waals surface area contributed by atoms with Gasteiger partial charge in [-0.25, -0.2) is 0 Å². The fourth-order valence-corrected chi connectivity index (χ4v) is 1.75. The minimum atomic E-state index is -0.135. The summed E-state index contributed by atoms with van der Waals surface area (Å²) in [6.45, 7) is 8.01. The summed E-state index contributed by atoms with van der Waals surface area (Å²) >= 11 is 3.45. The first kappa shape index (κ1) is 13.1. The molecule has 0 saturated carbocycles. The van der Waals surface area contributed by atoms with Gasteiger partial charge in [-0.3, -0.25) is 0 Å². The van der Waals surface area contributed by atoms with E-state index in [1.807, 2.05) is 24.3 Å². The fourth-order valence-electron chi connectivity index (χ4n) is 1.37. The first-order valence-corrected chi connectivity index (χ1v) is 5.99. The quantitative estimate of drug-likeness (QED) is 0.761. The topological polar surface area (TPSA) is 18.5 Å². The van der Waals surface area contributed by atoms with Gasteiger partial charge in [0.05, 0.1) is 11.6 Å². The molecule has 0 radical (unpaired) electrons. The maximum Gasteiger partial charge on any atom is 0.157 e. The van der Waals surface area contributed by atoms with Crippen LogP contribution in [0.5, 0.6) is 5.75 Å². The van der Waals surface area contributed by atoms with Crippen molar-refractivity contribution in [1.82, 2.24) is 0 Å². The molecule has 0 aliphatic rings. The molecule has 0 bridgehead atoms. The maximum absolute atomic E-state index is 5.89. The van der Waals surface area contributed by atoms with Crippen LogP contribution in [0.15, 0.2) is 41.1 Å². The maximum atomic E-state index is 5.89. The van der Waals surface area contributed by atoms with E-state index in [1.165, 1.54) is 0 Å². The lowest BCUT2D eigenvalue weighted by Gasteiger charge is -2.24. The second-order valence-electron chi connectivity index (χ2n) is 3.88. The Hall–Kier alpha value is -0.960. The van der Waals surface area contributed by atoms with Crippen LogP contribution in [0.1, 0.15) is 13.8 Å². The molecule has 1 rings (SSSR count). The van der Waals surface area contributed by atoms with Gasteiger partial charge in [-0.1, -0.05) is 32.6 Å². The molecule has 0 aliphatic heterocycles. The molecule has 0 amide bonds. The number of methoxy groups -OCH3 is 1. The van der Waals surface area contributed by atoms with Crippen LogP contribution in [0.2, 0.25) is 0 Å². The van der Waals surface area contributed by atoms with Crippen LogP contribution in [-0.2, 0) is 4.74 Å². The highest BCUT2D eigenvalue weighted by atomic mass is 79.9. The van der Waals surface area contributed by atoms with Crippen LogP contribution in [0.25, 0.3) is 0 Å². The van der Waals surface area contributed by atoms with Gasteiger partial charge in [0.2, 0.25) is 0 Å². The normalized spacial score (nSPS) is 12.3. The van der Waals surface area contributed by atoms with Gasteiger partial charge >= 0.3 is 0 Å². The summed E-state index contributed by atoms with van der Waals surface area (Å²) in [5.74, 6) is 1.75. The van der Waals surface area contributed by atoms with Crippen molar-refractivity contribution in [2.45, 2.75) is 20.0 Å². The smallest absolute Gasteiger partial charge is 0.157 e. The molecule has 0 fully saturated rings. The first-order chi connectivity index (χ1) is 7.56. The second-order valence-corrected chi connectivity index (χ2v) is 4.74. The molecule has 0 unspecified atom stereocenters. The molecule has 3 heteroatoms. The highest BCUT2D eigenvalue weighted by molar-refractivity contribution is 9.10. The van der Waals surface area contributed by atoms with Crippen LogP contribution >= 0.6 is 15.9 Å². The van der Waals surface area contributed by atoms with Gasteiger partial charge < -0.3 is 9.47 Å². The van der Waals surface area contributed by atoms with Crippen LogP contribution < -0.4 is 4.74 Å². The number of halogens is 1. The Morgan fingerprint density at radius 1 is 1.31 bits per heavy atom. The average Bonchev–Trinajstić information content (AvgIpc) is 2.26. The zero-order valence-corrected chi connectivity index (χ0v) is 11.5. The summed E-state index contributed by atoms with van der Waals surface area (Å²) in [5, 5.41) is 0. The third-order valence-corrected chi connectivity index (χ3v) is 2.93. The predicted molar refractivity (Wildman–Crippen MR) is 69.5 cm³/mol. The molecule has 0 aliphatic carbocycles. The van der Waals surface area contributed by atoms with Crippen molar-refractivity contribution in [3.05, 3.63) is 41.1 Å². The molecule has 1 aromatic rings. The Labute approximate surface area is 105 Å². The standard InChI is InChI=1S/C13H17BrO2/c1-9(2)13(10(3)15-4)16-12-8-6-5-7-11(12)14/h5-9,13H,3H2,1-2,4H3/t13-/m1/s1. The number of benzene rings is 1. The lowest BCUT2D eigenvalue weighted by molar-refractivity contribution is 0.113. The van der Waals surface area contributed by atoms with Crippen LogP contribution in [0, 0.1) is 5.92 Å². The van der Waals surface area contributed by atoms with Gasteiger partial charge in [0.25, 0.3) is 0 Å². The highest BCUT2D eigenvalue weighted by Gasteiger charge is 2.20. The molecule has 1 atom stereocenters. The molecule has 0 N–H and O–H groups in total. The molecule has 2 nitrogen and oxygen atoms in total. The lowest BCUT2D eigenvalue weighted by Crippen LogP contribution is -2.26. The summed E-state index contributed by atoms with van der Waals surface area (Å²) in [4.78, 5) is 0. The Morgan fingerprint density at radius 2 is 1.94 bits per heavy atom. The summed E-state index contributed by atoms with van der Waals surface area (Å²) in [5.41, 5.74) is 0. The van der Waals surface area contributed by atoms with E-state index in [2.05, 4.69) is 36.4 Å².